The zero-order chi connectivity index (χ0) is 25.3. The van der Waals surface area contributed by atoms with Gasteiger partial charge in [-0.1, -0.05) is 42.5 Å². The topological polar surface area (TPSA) is 95.9 Å². The highest BCUT2D eigenvalue weighted by Crippen LogP contribution is 2.23. The van der Waals surface area contributed by atoms with Crippen LogP contribution in [0.25, 0.3) is 0 Å². The Morgan fingerprint density at radius 1 is 1.11 bits per heavy atom. The summed E-state index contributed by atoms with van der Waals surface area (Å²) in [6.07, 6.45) is 9.25. The number of cyclic esters (lactones) is 1. The maximum atomic E-state index is 13.2. The average Bonchev–Trinajstić information content (AvgIpc) is 3.32. The summed E-state index contributed by atoms with van der Waals surface area (Å²) in [5.74, 6) is -1.30. The number of amides is 2. The van der Waals surface area contributed by atoms with Crippen LogP contribution in [0.5, 0.6) is 0 Å². The number of nitrogens with zero attached hydrogens (tertiary/aromatic N) is 1. The van der Waals surface area contributed by atoms with E-state index in [1.807, 2.05) is 56.3 Å². The van der Waals surface area contributed by atoms with Crippen LogP contribution in [0.1, 0.15) is 64.4 Å². The molecule has 3 rings (SSSR count). The van der Waals surface area contributed by atoms with Crippen LogP contribution < -0.4 is 5.32 Å². The van der Waals surface area contributed by atoms with Crippen molar-refractivity contribution in [2.24, 2.45) is 11.8 Å². The van der Waals surface area contributed by atoms with E-state index in [9.17, 15) is 19.5 Å². The summed E-state index contributed by atoms with van der Waals surface area (Å²) >= 11 is 0. The number of carbonyl (C=O) groups excluding carboxylic acids is 3. The molecule has 2 heterocycles. The number of hydrogen-bond donors (Lipinski definition) is 2. The molecule has 0 spiro atoms. The second-order valence-electron chi connectivity index (χ2n) is 10.5. The number of aliphatic hydroxyl groups excluding tert-OH is 1. The Hall–Kier alpha value is -2.67. The van der Waals surface area contributed by atoms with Crippen LogP contribution in [0.2, 0.25) is 0 Å². The summed E-state index contributed by atoms with van der Waals surface area (Å²) in [5.41, 5.74) is 0.341. The van der Waals surface area contributed by atoms with Crippen molar-refractivity contribution in [1.29, 1.82) is 0 Å². The van der Waals surface area contributed by atoms with Crippen LogP contribution in [-0.4, -0.2) is 59.1 Å². The largest absolute Gasteiger partial charge is 0.463 e. The number of likely N-dealkylation sites (tertiary alicyclic amines) is 1. The first-order valence-electron chi connectivity index (χ1n) is 12.9. The van der Waals surface area contributed by atoms with Gasteiger partial charge in [0.15, 0.2) is 0 Å². The summed E-state index contributed by atoms with van der Waals surface area (Å²) in [6.45, 7) is 4.30. The summed E-state index contributed by atoms with van der Waals surface area (Å²) in [4.78, 5) is 40.8. The standard InChI is InChI=1S/C28H40N2O5/c1-28(2)20-35-27(34)23(17-21-11-6-5-7-12-21)14-9-4-3-8-13-22(26(33)29-28)18-25(32)30-16-10-15-24(30)19-31/h3,5-8,11-12,22-24,31H,4,9-10,13-20H2,1-2H3,(H,29,33). The van der Waals surface area contributed by atoms with Gasteiger partial charge in [0.2, 0.25) is 11.8 Å². The molecule has 7 nitrogen and oxygen atoms in total. The molecule has 3 unspecified atom stereocenters. The van der Waals surface area contributed by atoms with Crippen molar-refractivity contribution >= 4 is 17.8 Å². The van der Waals surface area contributed by atoms with E-state index in [-0.39, 0.29) is 49.4 Å². The smallest absolute Gasteiger partial charge is 0.309 e. The molecule has 1 saturated heterocycles. The Bertz CT molecular complexity index is 883. The molecule has 1 fully saturated rings. The molecule has 2 N–H and O–H groups in total. The van der Waals surface area contributed by atoms with Crippen molar-refractivity contribution in [3.8, 4) is 0 Å². The van der Waals surface area contributed by atoms with Crippen LogP contribution in [0.3, 0.4) is 0 Å². The molecule has 0 aromatic heterocycles. The van der Waals surface area contributed by atoms with E-state index in [4.69, 9.17) is 4.74 Å². The third kappa shape index (κ3) is 8.20. The SMILES string of the molecule is CC1(C)COC(=O)C(Cc2ccccc2)CCCC=CCC(CC(=O)N2CCCC2CO)C(=O)N1. The van der Waals surface area contributed by atoms with Gasteiger partial charge in [-0.15, -0.1) is 0 Å². The van der Waals surface area contributed by atoms with Gasteiger partial charge in [-0.05, 0) is 64.4 Å². The van der Waals surface area contributed by atoms with Gasteiger partial charge in [-0.2, -0.15) is 0 Å². The number of carbonyl (C=O) groups is 3. The Morgan fingerprint density at radius 3 is 2.63 bits per heavy atom. The highest BCUT2D eigenvalue weighted by Gasteiger charge is 2.33. The van der Waals surface area contributed by atoms with E-state index in [1.54, 1.807) is 4.90 Å². The highest BCUT2D eigenvalue weighted by atomic mass is 16.5. The third-order valence-corrected chi connectivity index (χ3v) is 6.91. The van der Waals surface area contributed by atoms with Gasteiger partial charge in [0.05, 0.1) is 30.0 Å². The lowest BCUT2D eigenvalue weighted by Crippen LogP contribution is -2.50. The maximum absolute atomic E-state index is 13.2. The molecule has 3 atom stereocenters. The molecule has 192 valence electrons. The van der Waals surface area contributed by atoms with E-state index in [1.165, 1.54) is 0 Å². The Kier molecular flexibility index (Phi) is 9.90. The molecule has 0 radical (unpaired) electrons. The van der Waals surface area contributed by atoms with Crippen LogP contribution in [-0.2, 0) is 25.5 Å². The molecule has 0 bridgehead atoms. The molecule has 1 aromatic carbocycles. The first kappa shape index (κ1) is 26.9. The van der Waals surface area contributed by atoms with E-state index >= 15 is 0 Å². The third-order valence-electron chi connectivity index (χ3n) is 6.91. The Morgan fingerprint density at radius 2 is 1.89 bits per heavy atom. The zero-order valence-corrected chi connectivity index (χ0v) is 21.1. The molecule has 2 amide bonds. The van der Waals surface area contributed by atoms with Crippen molar-refractivity contribution in [3.63, 3.8) is 0 Å². The first-order valence-corrected chi connectivity index (χ1v) is 12.9. The van der Waals surface area contributed by atoms with Gasteiger partial charge in [0.25, 0.3) is 0 Å². The number of allylic oxidation sites excluding steroid dienone is 2. The highest BCUT2D eigenvalue weighted by molar-refractivity contribution is 5.86. The predicted octanol–water partition coefficient (Wildman–Crippen LogP) is 3.40. The monoisotopic (exact) mass is 484 g/mol. The summed E-state index contributed by atoms with van der Waals surface area (Å²) in [7, 11) is 0. The van der Waals surface area contributed by atoms with Crippen molar-refractivity contribution < 1.29 is 24.2 Å². The lowest BCUT2D eigenvalue weighted by Gasteiger charge is -2.30. The van der Waals surface area contributed by atoms with Gasteiger partial charge in [0, 0.05) is 13.0 Å². The summed E-state index contributed by atoms with van der Waals surface area (Å²) in [5, 5.41) is 12.6. The number of hydrogen-bond acceptors (Lipinski definition) is 5. The fourth-order valence-corrected chi connectivity index (χ4v) is 4.87. The van der Waals surface area contributed by atoms with Crippen molar-refractivity contribution in [3.05, 3.63) is 48.0 Å². The van der Waals surface area contributed by atoms with Crippen LogP contribution in [0.4, 0.5) is 0 Å². The normalized spacial score (nSPS) is 26.0. The number of aliphatic hydroxyl groups is 1. The fraction of sp³-hybridized carbons (Fsp3) is 0.607. The lowest BCUT2D eigenvalue weighted by molar-refractivity contribution is -0.151. The Balaban J connectivity index is 1.68. The zero-order valence-electron chi connectivity index (χ0n) is 21.1. The van der Waals surface area contributed by atoms with Crippen molar-refractivity contribution in [2.75, 3.05) is 19.8 Å². The minimum Gasteiger partial charge on any atom is -0.463 e. The van der Waals surface area contributed by atoms with Gasteiger partial charge in [-0.25, -0.2) is 0 Å². The molecule has 1 aromatic rings. The van der Waals surface area contributed by atoms with Gasteiger partial charge in [0.1, 0.15) is 6.61 Å². The van der Waals surface area contributed by atoms with Gasteiger partial charge < -0.3 is 20.1 Å². The van der Waals surface area contributed by atoms with E-state index in [2.05, 4.69) is 5.32 Å². The molecule has 7 heteroatoms. The average molecular weight is 485 g/mol. The molecule has 35 heavy (non-hydrogen) atoms. The van der Waals surface area contributed by atoms with Gasteiger partial charge in [-0.3, -0.25) is 14.4 Å². The van der Waals surface area contributed by atoms with Crippen LogP contribution in [0, 0.1) is 11.8 Å². The number of rotatable bonds is 5. The second kappa shape index (κ2) is 12.9. The minimum atomic E-state index is -0.763. The minimum absolute atomic E-state index is 0.0494. The first-order chi connectivity index (χ1) is 16.8. The second-order valence-corrected chi connectivity index (χ2v) is 10.5. The van der Waals surface area contributed by atoms with Crippen LogP contribution in [0.15, 0.2) is 42.5 Å². The molecule has 0 aliphatic carbocycles. The van der Waals surface area contributed by atoms with E-state index < -0.39 is 11.5 Å². The summed E-state index contributed by atoms with van der Waals surface area (Å²) < 4.78 is 5.69. The molecular weight excluding hydrogens is 444 g/mol. The molecule has 0 saturated carbocycles. The van der Waals surface area contributed by atoms with Crippen molar-refractivity contribution in [2.45, 2.75) is 76.8 Å². The number of benzene rings is 1. The van der Waals surface area contributed by atoms with Crippen molar-refractivity contribution in [1.82, 2.24) is 10.2 Å². The fourth-order valence-electron chi connectivity index (χ4n) is 4.87. The number of esters is 1. The van der Waals surface area contributed by atoms with E-state index in [0.29, 0.717) is 19.4 Å². The quantitative estimate of drug-likeness (QED) is 0.493. The predicted molar refractivity (Wildman–Crippen MR) is 134 cm³/mol. The number of ether oxygens (including phenoxy) is 1. The maximum Gasteiger partial charge on any atom is 0.309 e. The molecule has 2 aliphatic heterocycles. The Labute approximate surface area is 208 Å². The molecule has 2 aliphatic rings. The lowest BCUT2D eigenvalue weighted by atomic mass is 9.93. The summed E-state index contributed by atoms with van der Waals surface area (Å²) in [6, 6.07) is 9.80. The number of nitrogens with one attached hydrogen (secondary N) is 1. The van der Waals surface area contributed by atoms with E-state index in [0.717, 1.165) is 37.7 Å². The van der Waals surface area contributed by atoms with Gasteiger partial charge >= 0.3 is 5.97 Å². The molecular formula is C28H40N2O5. The van der Waals surface area contributed by atoms with Crippen LogP contribution >= 0.6 is 0 Å².